The van der Waals surface area contributed by atoms with Gasteiger partial charge >= 0.3 is 0 Å². The van der Waals surface area contributed by atoms with Crippen molar-refractivity contribution in [2.75, 3.05) is 5.32 Å². The number of pyridine rings is 1. The van der Waals surface area contributed by atoms with Crippen LogP contribution in [0.4, 0.5) is 5.69 Å². The molecule has 0 spiro atoms. The van der Waals surface area contributed by atoms with Gasteiger partial charge in [-0.15, -0.1) is 0 Å². The Hall–Kier alpha value is -3.02. The summed E-state index contributed by atoms with van der Waals surface area (Å²) in [4.78, 5) is 20.0. The molecule has 0 saturated heterocycles. The Bertz CT molecular complexity index is 741. The minimum atomic E-state index is -0.106. The Morgan fingerprint density at radius 3 is 2.64 bits per heavy atom. The fraction of sp³-hybridized carbons (Fsp3) is 0.125. The fourth-order valence-corrected chi connectivity index (χ4v) is 1.94. The molecule has 0 atom stereocenters. The molecule has 0 fully saturated rings. The van der Waals surface area contributed by atoms with Gasteiger partial charge in [0.05, 0.1) is 0 Å². The van der Waals surface area contributed by atoms with E-state index in [1.54, 1.807) is 24.5 Å². The summed E-state index contributed by atoms with van der Waals surface area (Å²) in [5.41, 5.74) is 1.61. The van der Waals surface area contributed by atoms with Crippen LogP contribution in [0.25, 0.3) is 11.4 Å². The predicted octanol–water partition coefficient (Wildman–Crippen LogP) is 2.70. The van der Waals surface area contributed by atoms with E-state index in [-0.39, 0.29) is 12.3 Å². The molecule has 0 aliphatic carbocycles. The van der Waals surface area contributed by atoms with Crippen molar-refractivity contribution < 1.29 is 9.32 Å². The van der Waals surface area contributed by atoms with E-state index in [2.05, 4.69) is 20.4 Å². The molecule has 1 amide bonds. The van der Waals surface area contributed by atoms with Gasteiger partial charge in [0, 0.05) is 36.5 Å². The van der Waals surface area contributed by atoms with Gasteiger partial charge in [0.1, 0.15) is 0 Å². The van der Waals surface area contributed by atoms with Crippen molar-refractivity contribution in [3.8, 4) is 11.4 Å². The number of carbonyl (C=O) groups is 1. The Morgan fingerprint density at radius 1 is 1.09 bits per heavy atom. The topological polar surface area (TPSA) is 80.9 Å². The molecule has 0 aliphatic heterocycles. The van der Waals surface area contributed by atoms with Gasteiger partial charge in [0.25, 0.3) is 0 Å². The number of rotatable bonds is 5. The molecule has 1 aromatic carbocycles. The molecule has 0 saturated carbocycles. The highest BCUT2D eigenvalue weighted by molar-refractivity contribution is 5.90. The van der Waals surface area contributed by atoms with Gasteiger partial charge in [-0.2, -0.15) is 4.98 Å². The van der Waals surface area contributed by atoms with Crippen molar-refractivity contribution in [1.29, 1.82) is 0 Å². The number of benzene rings is 1. The fourth-order valence-electron chi connectivity index (χ4n) is 1.94. The lowest BCUT2D eigenvalue weighted by molar-refractivity contribution is -0.116. The number of nitrogens with one attached hydrogen (secondary N) is 1. The monoisotopic (exact) mass is 294 g/mol. The van der Waals surface area contributed by atoms with Gasteiger partial charge in [-0.25, -0.2) is 0 Å². The number of aryl methyl sites for hydroxylation is 1. The van der Waals surface area contributed by atoms with Gasteiger partial charge in [-0.3, -0.25) is 9.78 Å². The number of carbonyl (C=O) groups excluding carboxylic acids is 1. The number of hydrogen-bond donors (Lipinski definition) is 1. The second-order valence-electron chi connectivity index (χ2n) is 4.66. The summed E-state index contributed by atoms with van der Waals surface area (Å²) in [7, 11) is 0. The number of hydrogen-bond acceptors (Lipinski definition) is 5. The first kappa shape index (κ1) is 13.9. The zero-order chi connectivity index (χ0) is 15.2. The van der Waals surface area contributed by atoms with Crippen LogP contribution < -0.4 is 5.32 Å². The second-order valence-corrected chi connectivity index (χ2v) is 4.66. The summed E-state index contributed by atoms with van der Waals surface area (Å²) in [5.74, 6) is 0.875. The minimum absolute atomic E-state index is 0.106. The molecule has 0 radical (unpaired) electrons. The third kappa shape index (κ3) is 3.54. The third-order valence-electron chi connectivity index (χ3n) is 3.03. The molecule has 22 heavy (non-hydrogen) atoms. The van der Waals surface area contributed by atoms with Crippen LogP contribution in [0, 0.1) is 0 Å². The zero-order valence-electron chi connectivity index (χ0n) is 11.8. The summed E-state index contributed by atoms with van der Waals surface area (Å²) in [6.45, 7) is 0. The van der Waals surface area contributed by atoms with Crippen LogP contribution in [0.5, 0.6) is 0 Å². The van der Waals surface area contributed by atoms with Crippen molar-refractivity contribution in [3.63, 3.8) is 0 Å². The number of amides is 1. The van der Waals surface area contributed by atoms with E-state index in [1.165, 1.54) is 0 Å². The Balaban J connectivity index is 1.56. The molecule has 6 heteroatoms. The van der Waals surface area contributed by atoms with E-state index in [9.17, 15) is 4.79 Å². The van der Waals surface area contributed by atoms with Crippen LogP contribution >= 0.6 is 0 Å². The van der Waals surface area contributed by atoms with E-state index in [1.807, 2.05) is 30.3 Å². The van der Waals surface area contributed by atoms with Crippen LogP contribution in [0.2, 0.25) is 0 Å². The summed E-state index contributed by atoms with van der Waals surface area (Å²) in [5, 5.41) is 6.70. The standard InChI is InChI=1S/C16H14N4O2/c21-14(18-13-8-10-17-11-9-13)6-7-15-19-16(20-22-15)12-4-2-1-3-5-12/h1-5,8-11H,6-7H2,(H,17,18,21). The lowest BCUT2D eigenvalue weighted by atomic mass is 10.2. The maximum atomic E-state index is 11.8. The molecule has 2 aromatic heterocycles. The van der Waals surface area contributed by atoms with Gasteiger partial charge in [0.2, 0.25) is 17.6 Å². The molecule has 110 valence electrons. The number of nitrogens with zero attached hydrogens (tertiary/aromatic N) is 3. The van der Waals surface area contributed by atoms with Crippen molar-refractivity contribution >= 4 is 11.6 Å². The highest BCUT2D eigenvalue weighted by atomic mass is 16.5. The van der Waals surface area contributed by atoms with Crippen molar-refractivity contribution in [2.24, 2.45) is 0 Å². The third-order valence-corrected chi connectivity index (χ3v) is 3.03. The number of aromatic nitrogens is 3. The highest BCUT2D eigenvalue weighted by Gasteiger charge is 2.10. The molecule has 0 aliphatic rings. The lowest BCUT2D eigenvalue weighted by Crippen LogP contribution is -2.12. The highest BCUT2D eigenvalue weighted by Crippen LogP contribution is 2.15. The van der Waals surface area contributed by atoms with Gasteiger partial charge in [0.15, 0.2) is 0 Å². The molecule has 6 nitrogen and oxygen atoms in total. The van der Waals surface area contributed by atoms with Crippen molar-refractivity contribution in [2.45, 2.75) is 12.8 Å². The van der Waals surface area contributed by atoms with Crippen molar-refractivity contribution in [3.05, 3.63) is 60.7 Å². The average molecular weight is 294 g/mol. The molecule has 1 N–H and O–H groups in total. The van der Waals surface area contributed by atoms with Crippen LogP contribution in [0.3, 0.4) is 0 Å². The van der Waals surface area contributed by atoms with Crippen LogP contribution in [0.1, 0.15) is 12.3 Å². The van der Waals surface area contributed by atoms with E-state index in [4.69, 9.17) is 4.52 Å². The maximum Gasteiger partial charge on any atom is 0.227 e. The molecule has 0 unspecified atom stereocenters. The SMILES string of the molecule is O=C(CCc1nc(-c2ccccc2)no1)Nc1ccncc1. The smallest absolute Gasteiger partial charge is 0.227 e. The summed E-state index contributed by atoms with van der Waals surface area (Å²) in [6, 6.07) is 13.0. The van der Waals surface area contributed by atoms with E-state index in [0.29, 0.717) is 18.1 Å². The Kier molecular flexibility index (Phi) is 4.20. The minimum Gasteiger partial charge on any atom is -0.339 e. The number of anilines is 1. The quantitative estimate of drug-likeness (QED) is 0.782. The largest absolute Gasteiger partial charge is 0.339 e. The molecule has 3 aromatic rings. The van der Waals surface area contributed by atoms with Crippen LogP contribution in [-0.2, 0) is 11.2 Å². The van der Waals surface area contributed by atoms with Crippen LogP contribution in [0.15, 0.2) is 59.4 Å². The van der Waals surface area contributed by atoms with Gasteiger partial charge in [-0.1, -0.05) is 35.5 Å². The van der Waals surface area contributed by atoms with E-state index in [0.717, 1.165) is 11.3 Å². The summed E-state index contributed by atoms with van der Waals surface area (Å²) >= 11 is 0. The first-order chi connectivity index (χ1) is 10.8. The first-order valence-electron chi connectivity index (χ1n) is 6.89. The van der Waals surface area contributed by atoms with Gasteiger partial charge < -0.3 is 9.84 Å². The molecule has 2 heterocycles. The molecular weight excluding hydrogens is 280 g/mol. The lowest BCUT2D eigenvalue weighted by Gasteiger charge is -2.02. The van der Waals surface area contributed by atoms with Gasteiger partial charge in [-0.05, 0) is 12.1 Å². The average Bonchev–Trinajstić information content (AvgIpc) is 3.04. The Morgan fingerprint density at radius 2 is 1.86 bits per heavy atom. The summed E-state index contributed by atoms with van der Waals surface area (Å²) in [6.07, 6.45) is 3.93. The molecule has 0 bridgehead atoms. The second kappa shape index (κ2) is 6.62. The van der Waals surface area contributed by atoms with Crippen molar-refractivity contribution in [1.82, 2.24) is 15.1 Å². The van der Waals surface area contributed by atoms with Crippen LogP contribution in [-0.4, -0.2) is 21.0 Å². The predicted molar refractivity (Wildman–Crippen MR) is 80.9 cm³/mol. The zero-order valence-corrected chi connectivity index (χ0v) is 11.8. The molecular formula is C16H14N4O2. The maximum absolute atomic E-state index is 11.8. The molecule has 3 rings (SSSR count). The Labute approximate surface area is 127 Å². The normalized spacial score (nSPS) is 10.4. The summed E-state index contributed by atoms with van der Waals surface area (Å²) < 4.78 is 5.17. The first-order valence-corrected chi connectivity index (χ1v) is 6.89. The van der Waals surface area contributed by atoms with E-state index < -0.39 is 0 Å². The van der Waals surface area contributed by atoms with E-state index >= 15 is 0 Å².